The summed E-state index contributed by atoms with van der Waals surface area (Å²) in [4.78, 5) is 27.3. The van der Waals surface area contributed by atoms with Crippen LogP contribution in [0, 0.1) is 5.92 Å². The van der Waals surface area contributed by atoms with Crippen molar-refractivity contribution in [3.63, 3.8) is 0 Å². The summed E-state index contributed by atoms with van der Waals surface area (Å²) in [7, 11) is 1.51. The summed E-state index contributed by atoms with van der Waals surface area (Å²) in [6.07, 6.45) is 3.66. The summed E-state index contributed by atoms with van der Waals surface area (Å²) in [5.74, 6) is 0.590. The third-order valence-corrected chi connectivity index (χ3v) is 5.22. The van der Waals surface area contributed by atoms with E-state index in [0.29, 0.717) is 41.8 Å². The highest BCUT2D eigenvalue weighted by Gasteiger charge is 2.38. The van der Waals surface area contributed by atoms with Gasteiger partial charge in [-0.05, 0) is 49.8 Å². The van der Waals surface area contributed by atoms with E-state index in [0.717, 1.165) is 19.3 Å². The minimum Gasteiger partial charge on any atom is -0.496 e. The number of hydrogen-bond acceptors (Lipinski definition) is 4. The first-order valence-corrected chi connectivity index (χ1v) is 9.08. The lowest BCUT2D eigenvalue weighted by Crippen LogP contribution is -2.51. The smallest absolute Gasteiger partial charge is 0.258 e. The van der Waals surface area contributed by atoms with Gasteiger partial charge in [-0.25, -0.2) is 0 Å². The van der Waals surface area contributed by atoms with Crippen molar-refractivity contribution in [3.05, 3.63) is 28.8 Å². The van der Waals surface area contributed by atoms with Crippen LogP contribution in [0.15, 0.2) is 18.2 Å². The highest BCUT2D eigenvalue weighted by molar-refractivity contribution is 6.31. The summed E-state index contributed by atoms with van der Waals surface area (Å²) >= 11 is 6.03. The minimum absolute atomic E-state index is 0. The molecule has 2 unspecified atom stereocenters. The van der Waals surface area contributed by atoms with Crippen molar-refractivity contribution in [1.82, 2.24) is 10.2 Å². The number of carbonyl (C=O) groups is 2. The maximum Gasteiger partial charge on any atom is 0.258 e. The highest BCUT2D eigenvalue weighted by atomic mass is 35.5. The van der Waals surface area contributed by atoms with Gasteiger partial charge in [0.15, 0.2) is 0 Å². The summed E-state index contributed by atoms with van der Waals surface area (Å²) in [6, 6.07) is 4.46. The van der Waals surface area contributed by atoms with Gasteiger partial charge in [0.05, 0.1) is 12.7 Å². The zero-order valence-electron chi connectivity index (χ0n) is 14.7. The van der Waals surface area contributed by atoms with Crippen LogP contribution in [-0.2, 0) is 4.79 Å². The van der Waals surface area contributed by atoms with Crippen LogP contribution < -0.4 is 15.8 Å². The van der Waals surface area contributed by atoms with Crippen LogP contribution in [0.5, 0.6) is 5.75 Å². The van der Waals surface area contributed by atoms with Gasteiger partial charge in [0.1, 0.15) is 11.8 Å². The number of benzene rings is 1. The van der Waals surface area contributed by atoms with E-state index in [9.17, 15) is 9.59 Å². The van der Waals surface area contributed by atoms with Crippen LogP contribution >= 0.6 is 24.0 Å². The molecule has 1 aliphatic carbocycles. The first-order valence-electron chi connectivity index (χ1n) is 8.70. The van der Waals surface area contributed by atoms with Crippen LogP contribution in [0.4, 0.5) is 0 Å². The van der Waals surface area contributed by atoms with Crippen LogP contribution in [0.1, 0.15) is 36.0 Å². The van der Waals surface area contributed by atoms with Crippen LogP contribution in [0.3, 0.4) is 0 Å². The molecule has 2 fully saturated rings. The third-order valence-electron chi connectivity index (χ3n) is 4.98. The molecule has 8 heteroatoms. The van der Waals surface area contributed by atoms with E-state index in [1.807, 2.05) is 0 Å². The van der Waals surface area contributed by atoms with Crippen molar-refractivity contribution >= 4 is 35.8 Å². The number of nitrogens with one attached hydrogen (secondary N) is 1. The molecule has 2 aliphatic rings. The summed E-state index contributed by atoms with van der Waals surface area (Å²) in [6.45, 7) is 0.975. The lowest BCUT2D eigenvalue weighted by Gasteiger charge is -2.27. The fourth-order valence-electron chi connectivity index (χ4n) is 3.43. The standard InChI is InChI=1S/C18H24ClN3O3.ClH/c1-25-16-7-6-12(19)9-13(16)18(24)22-8-2-3-15(22)17(23)21-14(10-20)11-4-5-11;/h6-7,9,11,14-15H,2-5,8,10,20H2,1H3,(H,21,23);1H. The lowest BCUT2D eigenvalue weighted by molar-refractivity contribution is -0.125. The molecular formula is C18H25Cl2N3O3. The number of carbonyl (C=O) groups excluding carboxylic acids is 2. The van der Waals surface area contributed by atoms with E-state index in [2.05, 4.69) is 5.32 Å². The molecular weight excluding hydrogens is 377 g/mol. The van der Waals surface area contributed by atoms with Gasteiger partial charge in [0, 0.05) is 24.2 Å². The Bertz CT molecular complexity index is 667. The number of ether oxygens (including phenoxy) is 1. The Hall–Kier alpha value is -1.50. The Labute approximate surface area is 164 Å². The predicted molar refractivity (Wildman–Crippen MR) is 103 cm³/mol. The SMILES string of the molecule is COc1ccc(Cl)cc1C(=O)N1CCCC1C(=O)NC(CN)C1CC1.Cl. The van der Waals surface area contributed by atoms with Gasteiger partial charge in [0.25, 0.3) is 5.91 Å². The molecule has 0 spiro atoms. The van der Waals surface area contributed by atoms with E-state index in [1.165, 1.54) is 7.11 Å². The molecule has 6 nitrogen and oxygen atoms in total. The molecule has 1 heterocycles. The number of halogens is 2. The summed E-state index contributed by atoms with van der Waals surface area (Å²) in [5, 5.41) is 3.49. The number of hydrogen-bond donors (Lipinski definition) is 2. The zero-order valence-corrected chi connectivity index (χ0v) is 16.3. The Morgan fingerprint density at radius 3 is 2.73 bits per heavy atom. The minimum atomic E-state index is -0.469. The first kappa shape index (κ1) is 20.8. The zero-order chi connectivity index (χ0) is 18.0. The van der Waals surface area contributed by atoms with Crippen molar-refractivity contribution in [3.8, 4) is 5.75 Å². The number of nitrogens with zero attached hydrogens (tertiary/aromatic N) is 1. The summed E-state index contributed by atoms with van der Waals surface area (Å²) < 4.78 is 5.28. The fraction of sp³-hybridized carbons (Fsp3) is 0.556. The average Bonchev–Trinajstić information content (AvgIpc) is 3.34. The molecule has 1 aromatic rings. The molecule has 1 saturated carbocycles. The fourth-order valence-corrected chi connectivity index (χ4v) is 3.60. The van der Waals surface area contributed by atoms with Crippen LogP contribution in [0.2, 0.25) is 5.02 Å². The molecule has 2 atom stereocenters. The van der Waals surface area contributed by atoms with Gasteiger partial charge in [-0.1, -0.05) is 11.6 Å². The maximum atomic E-state index is 13.0. The van der Waals surface area contributed by atoms with E-state index in [4.69, 9.17) is 22.1 Å². The molecule has 0 radical (unpaired) electrons. The van der Waals surface area contributed by atoms with E-state index in [1.54, 1.807) is 23.1 Å². The van der Waals surface area contributed by atoms with Gasteiger partial charge >= 0.3 is 0 Å². The van der Waals surface area contributed by atoms with Crippen molar-refractivity contribution < 1.29 is 14.3 Å². The second-order valence-corrected chi connectivity index (χ2v) is 7.13. The number of rotatable bonds is 6. The Kier molecular flexibility index (Phi) is 7.15. The second kappa shape index (κ2) is 8.93. The van der Waals surface area contributed by atoms with Gasteiger partial charge < -0.3 is 20.7 Å². The van der Waals surface area contributed by atoms with Gasteiger partial charge in [-0.3, -0.25) is 9.59 Å². The summed E-state index contributed by atoms with van der Waals surface area (Å²) in [5.41, 5.74) is 6.16. The third kappa shape index (κ3) is 4.42. The topological polar surface area (TPSA) is 84.7 Å². The normalized spacial score (nSPS) is 20.3. The quantitative estimate of drug-likeness (QED) is 0.764. The molecule has 3 N–H and O–H groups in total. The molecule has 144 valence electrons. The largest absolute Gasteiger partial charge is 0.496 e. The first-order chi connectivity index (χ1) is 12.0. The van der Waals surface area contributed by atoms with Gasteiger partial charge in [-0.2, -0.15) is 0 Å². The highest BCUT2D eigenvalue weighted by Crippen LogP contribution is 2.33. The van der Waals surface area contributed by atoms with E-state index >= 15 is 0 Å². The van der Waals surface area contributed by atoms with Crippen LogP contribution in [0.25, 0.3) is 0 Å². The van der Waals surface area contributed by atoms with E-state index < -0.39 is 6.04 Å². The molecule has 1 aliphatic heterocycles. The monoisotopic (exact) mass is 401 g/mol. The second-order valence-electron chi connectivity index (χ2n) is 6.69. The molecule has 3 rings (SSSR count). The van der Waals surface area contributed by atoms with Crippen molar-refractivity contribution in [2.45, 2.75) is 37.8 Å². The number of likely N-dealkylation sites (tertiary alicyclic amines) is 1. The molecule has 0 bridgehead atoms. The predicted octanol–water partition coefficient (Wildman–Crippen LogP) is 2.23. The lowest BCUT2D eigenvalue weighted by atomic mass is 10.1. The number of nitrogens with two attached hydrogens (primary N) is 1. The number of amides is 2. The van der Waals surface area contributed by atoms with Crippen molar-refractivity contribution in [2.24, 2.45) is 11.7 Å². The Morgan fingerprint density at radius 1 is 1.38 bits per heavy atom. The molecule has 1 saturated heterocycles. The van der Waals surface area contributed by atoms with Gasteiger partial charge in [0.2, 0.25) is 5.91 Å². The maximum absolute atomic E-state index is 13.0. The number of methoxy groups -OCH3 is 1. The molecule has 26 heavy (non-hydrogen) atoms. The van der Waals surface area contributed by atoms with Gasteiger partial charge in [-0.15, -0.1) is 12.4 Å². The van der Waals surface area contributed by atoms with Crippen molar-refractivity contribution in [1.29, 1.82) is 0 Å². The molecule has 1 aromatic carbocycles. The Morgan fingerprint density at radius 2 is 2.12 bits per heavy atom. The molecule has 2 amide bonds. The van der Waals surface area contributed by atoms with E-state index in [-0.39, 0.29) is 30.3 Å². The van der Waals surface area contributed by atoms with Crippen molar-refractivity contribution in [2.75, 3.05) is 20.2 Å². The Balaban J connectivity index is 0.00000243. The molecule has 0 aromatic heterocycles. The van der Waals surface area contributed by atoms with Crippen LogP contribution in [-0.4, -0.2) is 49.0 Å². The average molecular weight is 402 g/mol.